The van der Waals surface area contributed by atoms with Crippen molar-refractivity contribution in [3.05, 3.63) is 12.2 Å². The zero-order valence-corrected chi connectivity index (χ0v) is 9.01. The maximum absolute atomic E-state index is 7.45. The van der Waals surface area contributed by atoms with Crippen LogP contribution in [0.25, 0.3) is 0 Å². The van der Waals surface area contributed by atoms with E-state index in [0.717, 1.165) is 19.5 Å². The third kappa shape index (κ3) is 9.38. The maximum Gasteiger partial charge on any atom is 0.146 e. The lowest BCUT2D eigenvalue weighted by Gasteiger charge is -2.00. The van der Waals surface area contributed by atoms with E-state index in [1.807, 2.05) is 6.08 Å². The van der Waals surface area contributed by atoms with Gasteiger partial charge < -0.3 is 20.2 Å². The molecule has 0 aromatic carbocycles. The first-order valence-corrected chi connectivity index (χ1v) is 4.82. The smallest absolute Gasteiger partial charge is 0.146 e. The number of rotatable bonds is 9. The SMILES string of the molecule is CCCNCC=CC(=N)COCOC. The minimum absolute atomic E-state index is 0.240. The summed E-state index contributed by atoms with van der Waals surface area (Å²) >= 11 is 0. The maximum atomic E-state index is 7.45. The van der Waals surface area contributed by atoms with E-state index in [9.17, 15) is 0 Å². The molecule has 0 aliphatic rings. The fraction of sp³-hybridized carbons (Fsp3) is 0.700. The summed E-state index contributed by atoms with van der Waals surface area (Å²) in [5.41, 5.74) is 0.459. The molecule has 14 heavy (non-hydrogen) atoms. The van der Waals surface area contributed by atoms with Crippen molar-refractivity contribution in [2.45, 2.75) is 13.3 Å². The van der Waals surface area contributed by atoms with Crippen LogP contribution in [0, 0.1) is 5.41 Å². The van der Waals surface area contributed by atoms with E-state index < -0.39 is 0 Å². The lowest BCUT2D eigenvalue weighted by atomic mass is 10.3. The van der Waals surface area contributed by atoms with Crippen LogP contribution in [0.1, 0.15) is 13.3 Å². The minimum Gasteiger partial charge on any atom is -0.359 e. The predicted octanol–water partition coefficient (Wildman–Crippen LogP) is 1.18. The topological polar surface area (TPSA) is 54.3 Å². The largest absolute Gasteiger partial charge is 0.359 e. The molecule has 0 unspecified atom stereocenters. The highest BCUT2D eigenvalue weighted by Crippen LogP contribution is 1.82. The Bertz CT molecular complexity index is 170. The summed E-state index contributed by atoms with van der Waals surface area (Å²) < 4.78 is 9.70. The molecule has 0 rings (SSSR count). The van der Waals surface area contributed by atoms with Gasteiger partial charge >= 0.3 is 0 Å². The van der Waals surface area contributed by atoms with Gasteiger partial charge in [0.25, 0.3) is 0 Å². The normalized spacial score (nSPS) is 11.0. The Kier molecular flexibility index (Phi) is 9.85. The summed E-state index contributed by atoms with van der Waals surface area (Å²) in [5.74, 6) is 0. The van der Waals surface area contributed by atoms with Crippen LogP contribution in [0.5, 0.6) is 0 Å². The lowest BCUT2D eigenvalue weighted by molar-refractivity contribution is -0.0144. The van der Waals surface area contributed by atoms with Crippen molar-refractivity contribution in [2.75, 3.05) is 33.6 Å². The van der Waals surface area contributed by atoms with E-state index in [2.05, 4.69) is 12.2 Å². The lowest BCUT2D eigenvalue weighted by Crippen LogP contribution is -2.14. The van der Waals surface area contributed by atoms with Crippen LogP contribution >= 0.6 is 0 Å². The number of nitrogens with one attached hydrogen (secondary N) is 2. The fourth-order valence-electron chi connectivity index (χ4n) is 0.846. The molecule has 0 fully saturated rings. The van der Waals surface area contributed by atoms with Crippen LogP contribution < -0.4 is 5.32 Å². The number of hydrogen-bond acceptors (Lipinski definition) is 4. The van der Waals surface area contributed by atoms with Crippen LogP contribution in [0.2, 0.25) is 0 Å². The molecular formula is C10H20N2O2. The number of methoxy groups -OCH3 is 1. The standard InChI is InChI=1S/C10H20N2O2/c1-3-6-12-7-4-5-10(11)8-14-9-13-2/h4-5,11-12H,3,6-9H2,1-2H3. The van der Waals surface area contributed by atoms with E-state index in [4.69, 9.17) is 14.9 Å². The van der Waals surface area contributed by atoms with Gasteiger partial charge in [-0.05, 0) is 19.0 Å². The van der Waals surface area contributed by atoms with E-state index in [-0.39, 0.29) is 6.79 Å². The third-order valence-corrected chi connectivity index (χ3v) is 1.47. The second kappa shape index (κ2) is 10.4. The van der Waals surface area contributed by atoms with Crippen LogP contribution in [0.4, 0.5) is 0 Å². The molecule has 0 saturated carbocycles. The van der Waals surface area contributed by atoms with Crippen molar-refractivity contribution in [2.24, 2.45) is 0 Å². The summed E-state index contributed by atoms with van der Waals surface area (Å²) in [6.07, 6.45) is 4.80. The molecule has 0 amide bonds. The Hall–Kier alpha value is -0.710. The second-order valence-electron chi connectivity index (χ2n) is 2.89. The molecule has 0 bridgehead atoms. The molecule has 0 aliphatic carbocycles. The molecule has 2 N–H and O–H groups in total. The van der Waals surface area contributed by atoms with Gasteiger partial charge in [0.05, 0.1) is 12.3 Å². The van der Waals surface area contributed by atoms with Gasteiger partial charge in [-0.1, -0.05) is 13.0 Å². The van der Waals surface area contributed by atoms with Crippen molar-refractivity contribution < 1.29 is 9.47 Å². The highest BCUT2D eigenvalue weighted by molar-refractivity contribution is 5.93. The zero-order valence-electron chi connectivity index (χ0n) is 9.01. The summed E-state index contributed by atoms with van der Waals surface area (Å²) in [5, 5.41) is 10.7. The number of hydrogen-bond donors (Lipinski definition) is 2. The first-order chi connectivity index (χ1) is 6.81. The Morgan fingerprint density at radius 3 is 2.93 bits per heavy atom. The van der Waals surface area contributed by atoms with Gasteiger partial charge in [-0.25, -0.2) is 0 Å². The van der Waals surface area contributed by atoms with Crippen molar-refractivity contribution in [3.8, 4) is 0 Å². The Morgan fingerprint density at radius 2 is 2.29 bits per heavy atom. The second-order valence-corrected chi connectivity index (χ2v) is 2.89. The average molecular weight is 200 g/mol. The van der Waals surface area contributed by atoms with E-state index in [1.54, 1.807) is 13.2 Å². The molecule has 4 heteroatoms. The quantitative estimate of drug-likeness (QED) is 0.334. The predicted molar refractivity (Wildman–Crippen MR) is 57.9 cm³/mol. The zero-order chi connectivity index (χ0) is 10.6. The van der Waals surface area contributed by atoms with Crippen molar-refractivity contribution in [1.82, 2.24) is 5.32 Å². The first-order valence-electron chi connectivity index (χ1n) is 4.82. The molecule has 0 saturated heterocycles. The van der Waals surface area contributed by atoms with E-state index in [1.165, 1.54) is 0 Å². The molecule has 0 aliphatic heterocycles. The first kappa shape index (κ1) is 13.3. The van der Waals surface area contributed by atoms with Crippen LogP contribution in [-0.4, -0.2) is 39.3 Å². The third-order valence-electron chi connectivity index (χ3n) is 1.47. The highest BCUT2D eigenvalue weighted by atomic mass is 16.7. The summed E-state index contributed by atoms with van der Waals surface area (Å²) in [6.45, 7) is 4.48. The van der Waals surface area contributed by atoms with Gasteiger partial charge in [0.2, 0.25) is 0 Å². The molecule has 0 aromatic heterocycles. The summed E-state index contributed by atoms with van der Waals surface area (Å²) in [6, 6.07) is 0. The van der Waals surface area contributed by atoms with E-state index in [0.29, 0.717) is 12.3 Å². The van der Waals surface area contributed by atoms with Crippen LogP contribution in [0.15, 0.2) is 12.2 Å². The van der Waals surface area contributed by atoms with Gasteiger partial charge in [-0.3, -0.25) is 0 Å². The molecule has 82 valence electrons. The summed E-state index contributed by atoms with van der Waals surface area (Å²) in [7, 11) is 1.56. The molecule has 0 heterocycles. The molecule has 0 aromatic rings. The molecular weight excluding hydrogens is 180 g/mol. The van der Waals surface area contributed by atoms with Gasteiger partial charge in [-0.15, -0.1) is 0 Å². The van der Waals surface area contributed by atoms with Gasteiger partial charge in [-0.2, -0.15) is 0 Å². The molecule has 0 atom stereocenters. The van der Waals surface area contributed by atoms with Crippen molar-refractivity contribution >= 4 is 5.71 Å². The van der Waals surface area contributed by atoms with Crippen molar-refractivity contribution in [1.29, 1.82) is 5.41 Å². The molecule has 0 spiro atoms. The van der Waals surface area contributed by atoms with Gasteiger partial charge in [0.15, 0.2) is 0 Å². The highest BCUT2D eigenvalue weighted by Gasteiger charge is 1.90. The summed E-state index contributed by atoms with van der Waals surface area (Å²) in [4.78, 5) is 0. The van der Waals surface area contributed by atoms with Gasteiger partial charge in [0.1, 0.15) is 6.79 Å². The van der Waals surface area contributed by atoms with Crippen molar-refractivity contribution in [3.63, 3.8) is 0 Å². The van der Waals surface area contributed by atoms with Crippen LogP contribution in [0.3, 0.4) is 0 Å². The Morgan fingerprint density at radius 1 is 1.50 bits per heavy atom. The Labute approximate surface area is 85.8 Å². The monoisotopic (exact) mass is 200 g/mol. The number of ether oxygens (including phenoxy) is 2. The van der Waals surface area contributed by atoms with Gasteiger partial charge in [0, 0.05) is 13.7 Å². The average Bonchev–Trinajstić information content (AvgIpc) is 2.18. The molecule has 0 radical (unpaired) electrons. The minimum atomic E-state index is 0.240. The fourth-order valence-corrected chi connectivity index (χ4v) is 0.846. The van der Waals surface area contributed by atoms with E-state index >= 15 is 0 Å². The Balaban J connectivity index is 3.32. The van der Waals surface area contributed by atoms with Crippen LogP contribution in [-0.2, 0) is 9.47 Å². The molecule has 4 nitrogen and oxygen atoms in total.